The van der Waals surface area contributed by atoms with Crippen molar-refractivity contribution in [3.8, 4) is 0 Å². The number of carbonyl (C=O) groups excluding carboxylic acids is 2. The van der Waals surface area contributed by atoms with Crippen molar-refractivity contribution in [3.63, 3.8) is 0 Å². The highest BCUT2D eigenvalue weighted by Gasteiger charge is 2.07. The van der Waals surface area contributed by atoms with Crippen molar-refractivity contribution in [2.24, 2.45) is 0 Å². The maximum absolute atomic E-state index is 11.3. The van der Waals surface area contributed by atoms with Crippen molar-refractivity contribution in [1.82, 2.24) is 0 Å². The summed E-state index contributed by atoms with van der Waals surface area (Å²) in [4.78, 5) is 20.3. The lowest BCUT2D eigenvalue weighted by Gasteiger charge is -1.92. The van der Waals surface area contributed by atoms with Gasteiger partial charge in [0.15, 0.2) is 5.78 Å². The van der Waals surface area contributed by atoms with Gasteiger partial charge in [-0.25, -0.2) is 4.39 Å². The Morgan fingerprint density at radius 3 is 2.44 bits per heavy atom. The fourth-order valence-electron chi connectivity index (χ4n) is 0.280. The summed E-state index contributed by atoms with van der Waals surface area (Å²) in [5.74, 6) is -1.44. The predicted molar refractivity (Wildman–Crippen MR) is 27.6 cm³/mol. The highest BCUT2D eigenvalue weighted by molar-refractivity contribution is 5.96. The molecule has 0 spiro atoms. The van der Waals surface area contributed by atoms with Crippen LogP contribution in [0.25, 0.3) is 0 Å². The molecule has 0 saturated heterocycles. The van der Waals surface area contributed by atoms with Crippen molar-refractivity contribution in [3.05, 3.63) is 0 Å². The van der Waals surface area contributed by atoms with Crippen LogP contribution in [-0.4, -0.2) is 25.5 Å². The molecule has 0 aliphatic rings. The van der Waals surface area contributed by atoms with Crippen molar-refractivity contribution in [2.75, 3.05) is 13.8 Å². The Balaban J connectivity index is 3.47. The van der Waals surface area contributed by atoms with Crippen LogP contribution < -0.4 is 0 Å². The smallest absolute Gasteiger partial charge is 0.313 e. The van der Waals surface area contributed by atoms with E-state index in [1.165, 1.54) is 0 Å². The van der Waals surface area contributed by atoms with E-state index in [2.05, 4.69) is 4.74 Å². The van der Waals surface area contributed by atoms with Gasteiger partial charge in [0, 0.05) is 0 Å². The predicted octanol–water partition coefficient (Wildman–Crippen LogP) is 0.0881. The van der Waals surface area contributed by atoms with Crippen LogP contribution >= 0.6 is 0 Å². The number of methoxy groups -OCH3 is 1. The zero-order valence-electron chi connectivity index (χ0n) is 5.02. The molecule has 0 fully saturated rings. The van der Waals surface area contributed by atoms with Gasteiger partial charge in [-0.15, -0.1) is 0 Å². The number of ether oxygens (including phenoxy) is 1. The molecule has 0 rings (SSSR count). The van der Waals surface area contributed by atoms with Gasteiger partial charge in [0.2, 0.25) is 0 Å². The van der Waals surface area contributed by atoms with E-state index < -0.39 is 24.8 Å². The lowest BCUT2D eigenvalue weighted by Crippen LogP contribution is -2.10. The monoisotopic (exact) mass is 134 g/mol. The number of alkyl halides is 1. The van der Waals surface area contributed by atoms with E-state index in [4.69, 9.17) is 0 Å². The Bertz CT molecular complexity index is 107. The van der Waals surface area contributed by atoms with Gasteiger partial charge >= 0.3 is 5.97 Å². The van der Waals surface area contributed by atoms with Crippen molar-refractivity contribution in [2.45, 2.75) is 6.42 Å². The number of Topliss-reactive ketones (excluding diaryl/α,β-unsaturated/α-hetero) is 1. The second kappa shape index (κ2) is 4.00. The standard InChI is InChI=1S/C5H7FO3/c1-9-5(8)2-4(7)3-6/h2-3H2,1H3. The molecule has 0 aromatic rings. The van der Waals surface area contributed by atoms with Crippen LogP contribution in [0.15, 0.2) is 0 Å². The first-order chi connectivity index (χ1) is 4.20. The Morgan fingerprint density at radius 2 is 2.11 bits per heavy atom. The average molecular weight is 134 g/mol. The van der Waals surface area contributed by atoms with E-state index in [0.29, 0.717) is 0 Å². The summed E-state index contributed by atoms with van der Waals surface area (Å²) < 4.78 is 15.4. The van der Waals surface area contributed by atoms with E-state index in [9.17, 15) is 14.0 Å². The fraction of sp³-hybridized carbons (Fsp3) is 0.600. The summed E-state index contributed by atoms with van der Waals surface area (Å²) in [6.07, 6.45) is -0.465. The molecule has 0 amide bonds. The second-order valence-corrected chi connectivity index (χ2v) is 1.43. The van der Waals surface area contributed by atoms with Crippen LogP contribution in [0.4, 0.5) is 4.39 Å². The van der Waals surface area contributed by atoms with Crippen molar-refractivity contribution < 1.29 is 18.7 Å². The molecule has 0 N–H and O–H groups in total. The topological polar surface area (TPSA) is 43.4 Å². The van der Waals surface area contributed by atoms with E-state index in [0.717, 1.165) is 7.11 Å². The Morgan fingerprint density at radius 1 is 1.56 bits per heavy atom. The first-order valence-corrected chi connectivity index (χ1v) is 2.35. The molecule has 3 nitrogen and oxygen atoms in total. The molecule has 0 aliphatic heterocycles. The molecule has 0 aromatic heterocycles. The summed E-state index contributed by atoms with van der Waals surface area (Å²) in [7, 11) is 1.15. The zero-order valence-corrected chi connectivity index (χ0v) is 5.02. The maximum Gasteiger partial charge on any atom is 0.313 e. The van der Waals surface area contributed by atoms with Crippen LogP contribution in [0.2, 0.25) is 0 Å². The Hall–Kier alpha value is -0.930. The van der Waals surface area contributed by atoms with E-state index >= 15 is 0 Å². The van der Waals surface area contributed by atoms with Gasteiger partial charge in [-0.1, -0.05) is 0 Å². The van der Waals surface area contributed by atoms with E-state index in [1.807, 2.05) is 0 Å². The highest BCUT2D eigenvalue weighted by atomic mass is 19.1. The first-order valence-electron chi connectivity index (χ1n) is 2.35. The molecule has 4 heteroatoms. The number of hydrogen-bond acceptors (Lipinski definition) is 3. The van der Waals surface area contributed by atoms with E-state index in [-0.39, 0.29) is 0 Å². The third-order valence-electron chi connectivity index (χ3n) is 0.718. The van der Waals surface area contributed by atoms with Gasteiger partial charge in [0.1, 0.15) is 13.1 Å². The molecule has 0 unspecified atom stereocenters. The van der Waals surface area contributed by atoms with E-state index in [1.54, 1.807) is 0 Å². The summed E-state index contributed by atoms with van der Waals surface area (Å²) in [5, 5.41) is 0. The number of rotatable bonds is 3. The van der Waals surface area contributed by atoms with Gasteiger partial charge in [0.25, 0.3) is 0 Å². The lowest BCUT2D eigenvalue weighted by molar-refractivity contribution is -0.143. The molecule has 0 heterocycles. The molecule has 0 aliphatic carbocycles. The third kappa shape index (κ3) is 3.64. The SMILES string of the molecule is COC(=O)CC(=O)CF. The minimum absolute atomic E-state index is 0.465. The van der Waals surface area contributed by atoms with Gasteiger partial charge in [0.05, 0.1) is 7.11 Å². The number of carbonyl (C=O) groups is 2. The van der Waals surface area contributed by atoms with Crippen LogP contribution in [0.3, 0.4) is 0 Å². The number of ketones is 1. The molecule has 0 atom stereocenters. The van der Waals surface area contributed by atoms with Gasteiger partial charge in [-0.05, 0) is 0 Å². The van der Waals surface area contributed by atoms with Crippen molar-refractivity contribution in [1.29, 1.82) is 0 Å². The summed E-state index contributed by atoms with van der Waals surface area (Å²) in [5.41, 5.74) is 0. The van der Waals surface area contributed by atoms with Gasteiger partial charge < -0.3 is 4.74 Å². The number of halogens is 1. The lowest BCUT2D eigenvalue weighted by atomic mass is 10.3. The Kier molecular flexibility index (Phi) is 3.59. The van der Waals surface area contributed by atoms with Crippen LogP contribution in [0, 0.1) is 0 Å². The molecule has 0 radical (unpaired) electrons. The number of hydrogen-bond donors (Lipinski definition) is 0. The van der Waals surface area contributed by atoms with Crippen LogP contribution in [-0.2, 0) is 14.3 Å². The second-order valence-electron chi connectivity index (χ2n) is 1.43. The Labute approximate surface area is 51.8 Å². The van der Waals surface area contributed by atoms with Crippen LogP contribution in [0.1, 0.15) is 6.42 Å². The molecule has 0 bridgehead atoms. The quantitative estimate of drug-likeness (QED) is 0.405. The molecule has 0 aromatic carbocycles. The average Bonchev–Trinajstić information content (AvgIpc) is 1.87. The number of esters is 1. The largest absolute Gasteiger partial charge is 0.469 e. The first kappa shape index (κ1) is 8.07. The van der Waals surface area contributed by atoms with Gasteiger partial charge in [-0.3, -0.25) is 9.59 Å². The summed E-state index contributed by atoms with van der Waals surface area (Å²) in [6.45, 7) is -1.10. The molecular formula is C5H7FO3. The third-order valence-corrected chi connectivity index (χ3v) is 0.718. The minimum Gasteiger partial charge on any atom is -0.469 e. The molecule has 9 heavy (non-hydrogen) atoms. The summed E-state index contributed by atoms with van der Waals surface area (Å²) >= 11 is 0. The van der Waals surface area contributed by atoms with Crippen LogP contribution in [0.5, 0.6) is 0 Å². The van der Waals surface area contributed by atoms with Gasteiger partial charge in [-0.2, -0.15) is 0 Å². The summed E-state index contributed by atoms with van der Waals surface area (Å²) in [6, 6.07) is 0. The molecule has 52 valence electrons. The maximum atomic E-state index is 11.3. The zero-order chi connectivity index (χ0) is 7.28. The fourth-order valence-corrected chi connectivity index (χ4v) is 0.280. The molecule has 0 saturated carbocycles. The minimum atomic E-state index is -1.10. The normalized spacial score (nSPS) is 8.67. The highest BCUT2D eigenvalue weighted by Crippen LogP contribution is 1.86. The van der Waals surface area contributed by atoms with Crippen molar-refractivity contribution >= 4 is 11.8 Å². The molecular weight excluding hydrogens is 127 g/mol.